The Hall–Kier alpha value is -0.580. The third-order valence-electron chi connectivity index (χ3n) is 1.73. The van der Waals surface area contributed by atoms with Gasteiger partial charge in [-0.05, 0) is 25.8 Å². The summed E-state index contributed by atoms with van der Waals surface area (Å²) >= 11 is 0.906. The normalized spacial score (nSPS) is 11.6. The molecule has 0 rings (SSSR count). The molecule has 0 N–H and O–H groups in total. The number of Topliss-reactive ketones (excluding diaryl/α,β-unsaturated/α-hetero) is 1. The Morgan fingerprint density at radius 2 is 1.79 bits per heavy atom. The van der Waals surface area contributed by atoms with Gasteiger partial charge in [0.15, 0.2) is 5.78 Å². The third-order valence-corrected chi connectivity index (χ3v) is 2.81. The van der Waals surface area contributed by atoms with E-state index in [2.05, 4.69) is 0 Å². The number of halogens is 1. The number of ketones is 1. The summed E-state index contributed by atoms with van der Waals surface area (Å²) in [7, 11) is 1.31. The van der Waals surface area contributed by atoms with Crippen LogP contribution in [0.25, 0.3) is 0 Å². The standard InChI is InChI=1S/C9H16FNO2S/c1-6(2)7(12)9(3,4)14-11(5)8(10)13/h6H,1-5H3. The van der Waals surface area contributed by atoms with Gasteiger partial charge in [-0.2, -0.15) is 0 Å². The molecular formula is C9H16FNO2S. The zero-order valence-corrected chi connectivity index (χ0v) is 9.94. The number of amides is 1. The second kappa shape index (κ2) is 4.77. The molecule has 0 fully saturated rings. The summed E-state index contributed by atoms with van der Waals surface area (Å²) in [6.45, 7) is 6.92. The van der Waals surface area contributed by atoms with Gasteiger partial charge in [-0.15, -0.1) is 4.39 Å². The summed E-state index contributed by atoms with van der Waals surface area (Å²) in [5.74, 6) is -0.129. The van der Waals surface area contributed by atoms with Crippen molar-refractivity contribution >= 4 is 23.9 Å². The molecule has 0 spiro atoms. The molecule has 0 aliphatic rings. The molecule has 5 heteroatoms. The monoisotopic (exact) mass is 221 g/mol. The number of nitrogens with zero attached hydrogens (tertiary/aromatic N) is 1. The first-order valence-corrected chi connectivity index (χ1v) is 5.12. The Bertz CT molecular complexity index is 241. The SMILES string of the molecule is CC(C)C(=O)C(C)(C)SN(C)C(=O)F. The lowest BCUT2D eigenvalue weighted by molar-refractivity contribution is -0.123. The molecule has 0 aliphatic heterocycles. The van der Waals surface area contributed by atoms with Crippen LogP contribution in [0.1, 0.15) is 27.7 Å². The number of carbonyl (C=O) groups is 2. The van der Waals surface area contributed by atoms with Crippen LogP contribution in [-0.4, -0.2) is 28.0 Å². The summed E-state index contributed by atoms with van der Waals surface area (Å²) < 4.78 is 12.3. The van der Waals surface area contributed by atoms with Crippen molar-refractivity contribution in [3.8, 4) is 0 Å². The largest absolute Gasteiger partial charge is 0.409 e. The van der Waals surface area contributed by atoms with Crippen LogP contribution < -0.4 is 0 Å². The highest BCUT2D eigenvalue weighted by atomic mass is 32.2. The van der Waals surface area contributed by atoms with Crippen LogP contribution in [0.5, 0.6) is 0 Å². The average molecular weight is 221 g/mol. The van der Waals surface area contributed by atoms with Gasteiger partial charge in [0, 0.05) is 13.0 Å². The second-order valence-corrected chi connectivity index (χ2v) is 5.62. The Labute approximate surface area is 88.2 Å². The van der Waals surface area contributed by atoms with E-state index in [-0.39, 0.29) is 11.7 Å². The van der Waals surface area contributed by atoms with Crippen molar-refractivity contribution in [2.75, 3.05) is 7.05 Å². The molecule has 0 unspecified atom stereocenters. The predicted molar refractivity (Wildman–Crippen MR) is 55.8 cm³/mol. The van der Waals surface area contributed by atoms with Crippen molar-refractivity contribution in [1.29, 1.82) is 0 Å². The van der Waals surface area contributed by atoms with E-state index in [0.717, 1.165) is 16.3 Å². The van der Waals surface area contributed by atoms with Gasteiger partial charge in [0.25, 0.3) is 0 Å². The van der Waals surface area contributed by atoms with Crippen molar-refractivity contribution in [2.45, 2.75) is 32.4 Å². The lowest BCUT2D eigenvalue weighted by Gasteiger charge is -2.27. The molecular weight excluding hydrogens is 205 g/mol. The predicted octanol–water partition coefficient (Wildman–Crippen LogP) is 2.66. The minimum atomic E-state index is -1.54. The van der Waals surface area contributed by atoms with E-state index in [9.17, 15) is 14.0 Å². The maximum atomic E-state index is 12.2. The number of hydrogen-bond acceptors (Lipinski definition) is 3. The third kappa shape index (κ3) is 3.65. The molecule has 0 saturated carbocycles. The molecule has 1 amide bonds. The van der Waals surface area contributed by atoms with Gasteiger partial charge in [0.1, 0.15) is 0 Å². The first kappa shape index (κ1) is 13.4. The summed E-state index contributed by atoms with van der Waals surface area (Å²) in [5.41, 5.74) is 0. The molecule has 0 aliphatic carbocycles. The zero-order chi connectivity index (χ0) is 11.5. The van der Waals surface area contributed by atoms with Crippen molar-refractivity contribution in [3.63, 3.8) is 0 Å². The maximum absolute atomic E-state index is 12.2. The molecule has 0 aromatic rings. The summed E-state index contributed by atoms with van der Waals surface area (Å²) in [4.78, 5) is 22.0. The van der Waals surface area contributed by atoms with Crippen molar-refractivity contribution < 1.29 is 14.0 Å². The lowest BCUT2D eigenvalue weighted by atomic mass is 9.98. The minimum Gasteiger partial charge on any atom is -0.298 e. The number of hydrogen-bond donors (Lipinski definition) is 0. The van der Waals surface area contributed by atoms with Crippen LogP contribution in [0.2, 0.25) is 0 Å². The van der Waals surface area contributed by atoms with Gasteiger partial charge in [-0.1, -0.05) is 13.8 Å². The highest BCUT2D eigenvalue weighted by Gasteiger charge is 2.33. The van der Waals surface area contributed by atoms with Gasteiger partial charge >= 0.3 is 6.16 Å². The van der Waals surface area contributed by atoms with E-state index in [1.54, 1.807) is 27.7 Å². The first-order chi connectivity index (χ1) is 6.18. The fourth-order valence-electron chi connectivity index (χ4n) is 1.12. The molecule has 0 saturated heterocycles. The van der Waals surface area contributed by atoms with Gasteiger partial charge in [-0.3, -0.25) is 9.10 Å². The topological polar surface area (TPSA) is 37.4 Å². The highest BCUT2D eigenvalue weighted by Crippen LogP contribution is 2.30. The van der Waals surface area contributed by atoms with Crippen LogP contribution in [0.3, 0.4) is 0 Å². The summed E-state index contributed by atoms with van der Waals surface area (Å²) in [5, 5.41) is 0. The van der Waals surface area contributed by atoms with Crippen molar-refractivity contribution in [1.82, 2.24) is 4.31 Å². The van der Waals surface area contributed by atoms with E-state index < -0.39 is 10.9 Å². The van der Waals surface area contributed by atoms with E-state index in [1.807, 2.05) is 0 Å². The first-order valence-electron chi connectivity index (χ1n) is 4.35. The van der Waals surface area contributed by atoms with Gasteiger partial charge in [0.05, 0.1) is 4.75 Å². The fraction of sp³-hybridized carbons (Fsp3) is 0.778. The van der Waals surface area contributed by atoms with Crippen LogP contribution in [0, 0.1) is 5.92 Å². The molecule has 0 bridgehead atoms. The molecule has 0 radical (unpaired) electrons. The van der Waals surface area contributed by atoms with E-state index in [4.69, 9.17) is 0 Å². The number of carbonyl (C=O) groups excluding carboxylic acids is 2. The zero-order valence-electron chi connectivity index (χ0n) is 9.13. The molecule has 0 aromatic heterocycles. The lowest BCUT2D eigenvalue weighted by Crippen LogP contribution is -2.35. The Morgan fingerprint density at radius 1 is 1.36 bits per heavy atom. The van der Waals surface area contributed by atoms with Crippen molar-refractivity contribution in [3.05, 3.63) is 0 Å². The molecule has 0 aromatic carbocycles. The van der Waals surface area contributed by atoms with Gasteiger partial charge in [0.2, 0.25) is 0 Å². The molecule has 82 valence electrons. The van der Waals surface area contributed by atoms with Crippen LogP contribution in [0.15, 0.2) is 0 Å². The smallest absolute Gasteiger partial charge is 0.298 e. The Balaban J connectivity index is 4.48. The van der Waals surface area contributed by atoms with E-state index in [0.29, 0.717) is 0 Å². The fourth-order valence-corrected chi connectivity index (χ4v) is 2.20. The van der Waals surface area contributed by atoms with Gasteiger partial charge in [-0.25, -0.2) is 4.79 Å². The molecule has 0 heterocycles. The Kier molecular flexibility index (Phi) is 4.58. The van der Waals surface area contributed by atoms with Crippen molar-refractivity contribution in [2.24, 2.45) is 5.92 Å². The molecule has 0 atom stereocenters. The summed E-state index contributed by atoms with van der Waals surface area (Å²) in [6, 6.07) is 0. The minimum absolute atomic E-state index is 0.00407. The highest BCUT2D eigenvalue weighted by molar-refractivity contribution is 7.99. The molecule has 14 heavy (non-hydrogen) atoms. The maximum Gasteiger partial charge on any atom is 0.409 e. The quantitative estimate of drug-likeness (QED) is 0.416. The van der Waals surface area contributed by atoms with Crippen LogP contribution >= 0.6 is 11.9 Å². The molecule has 3 nitrogen and oxygen atoms in total. The van der Waals surface area contributed by atoms with E-state index in [1.165, 1.54) is 7.05 Å². The van der Waals surface area contributed by atoms with Crippen LogP contribution in [-0.2, 0) is 4.79 Å². The van der Waals surface area contributed by atoms with Crippen LogP contribution in [0.4, 0.5) is 9.18 Å². The number of rotatable bonds is 4. The Morgan fingerprint density at radius 3 is 2.07 bits per heavy atom. The summed E-state index contributed by atoms with van der Waals surface area (Å²) in [6.07, 6.45) is -1.54. The van der Waals surface area contributed by atoms with E-state index >= 15 is 0 Å². The second-order valence-electron chi connectivity index (χ2n) is 3.87. The average Bonchev–Trinajstić information content (AvgIpc) is 2.01. The van der Waals surface area contributed by atoms with Gasteiger partial charge < -0.3 is 0 Å².